The van der Waals surface area contributed by atoms with E-state index in [9.17, 15) is 19.2 Å². The normalized spacial score (nSPS) is 17.2. The highest BCUT2D eigenvalue weighted by Gasteiger charge is 2.55. The second-order valence-electron chi connectivity index (χ2n) is 6.55. The average Bonchev–Trinajstić information content (AvgIpc) is 2.93. The van der Waals surface area contributed by atoms with Gasteiger partial charge in [0.05, 0.1) is 32.8 Å². The molecular weight excluding hydrogens is 386 g/mol. The lowest BCUT2D eigenvalue weighted by atomic mass is 9.67. The Balaban J connectivity index is 1.49. The van der Waals surface area contributed by atoms with E-state index in [1.54, 1.807) is 6.08 Å². The van der Waals surface area contributed by atoms with E-state index in [1.807, 2.05) is 0 Å². The van der Waals surface area contributed by atoms with Crippen molar-refractivity contribution in [2.24, 2.45) is 10.5 Å². The summed E-state index contributed by atoms with van der Waals surface area (Å²) >= 11 is 0. The molecule has 0 saturated heterocycles. The van der Waals surface area contributed by atoms with E-state index in [0.29, 0.717) is 31.2 Å². The first-order chi connectivity index (χ1) is 13.8. The van der Waals surface area contributed by atoms with E-state index in [4.69, 9.17) is 19.7 Å². The van der Waals surface area contributed by atoms with Gasteiger partial charge in [-0.15, -0.1) is 0 Å². The SMILES string of the molecule is C=C1C=CC(=O)N1CCOCCOCCC(=O)NN=C1CC(C(=O)O)(C(=O)O)C1. The van der Waals surface area contributed by atoms with Gasteiger partial charge in [0.15, 0.2) is 5.41 Å². The molecule has 3 N–H and O–H groups in total. The van der Waals surface area contributed by atoms with Gasteiger partial charge in [-0.25, -0.2) is 5.43 Å². The molecule has 0 bridgehead atoms. The van der Waals surface area contributed by atoms with Crippen molar-refractivity contribution in [3.05, 3.63) is 24.4 Å². The van der Waals surface area contributed by atoms with Crippen LogP contribution in [0.15, 0.2) is 29.5 Å². The number of amides is 2. The summed E-state index contributed by atoms with van der Waals surface area (Å²) in [6.45, 7) is 5.19. The number of aliphatic carboxylic acids is 2. The fourth-order valence-electron chi connectivity index (χ4n) is 2.70. The molecule has 1 aliphatic carbocycles. The van der Waals surface area contributed by atoms with E-state index in [-0.39, 0.29) is 38.4 Å². The Labute approximate surface area is 166 Å². The van der Waals surface area contributed by atoms with Crippen LogP contribution in [-0.4, -0.2) is 77.5 Å². The number of nitrogens with zero attached hydrogens (tertiary/aromatic N) is 2. The molecule has 1 aliphatic heterocycles. The zero-order valence-corrected chi connectivity index (χ0v) is 15.8. The van der Waals surface area contributed by atoms with Gasteiger partial charge in [-0.3, -0.25) is 19.2 Å². The number of nitrogens with one attached hydrogen (secondary N) is 1. The molecule has 2 amide bonds. The summed E-state index contributed by atoms with van der Waals surface area (Å²) in [7, 11) is 0. The molecule has 1 fully saturated rings. The molecule has 0 spiro atoms. The third-order valence-electron chi connectivity index (χ3n) is 4.50. The molecule has 11 nitrogen and oxygen atoms in total. The molecule has 2 rings (SSSR count). The smallest absolute Gasteiger partial charge is 0.321 e. The molecule has 0 atom stereocenters. The Hall–Kier alpha value is -3.05. The first kappa shape index (κ1) is 22.2. The molecule has 29 heavy (non-hydrogen) atoms. The molecule has 0 aromatic heterocycles. The minimum Gasteiger partial charge on any atom is -0.480 e. The van der Waals surface area contributed by atoms with Gasteiger partial charge in [0.1, 0.15) is 0 Å². The first-order valence-corrected chi connectivity index (χ1v) is 8.91. The van der Waals surface area contributed by atoms with E-state index >= 15 is 0 Å². The van der Waals surface area contributed by atoms with Crippen LogP contribution < -0.4 is 5.43 Å². The minimum atomic E-state index is -1.85. The van der Waals surface area contributed by atoms with Crippen LogP contribution in [0, 0.1) is 5.41 Å². The fraction of sp³-hybridized carbons (Fsp3) is 0.500. The molecule has 1 saturated carbocycles. The molecule has 0 aromatic carbocycles. The number of hydrazone groups is 1. The van der Waals surface area contributed by atoms with Crippen LogP contribution in [0.3, 0.4) is 0 Å². The molecule has 0 aromatic rings. The number of carboxylic acid groups (broad SMARTS) is 2. The molecule has 11 heteroatoms. The first-order valence-electron chi connectivity index (χ1n) is 8.91. The van der Waals surface area contributed by atoms with Gasteiger partial charge in [-0.2, -0.15) is 5.10 Å². The number of allylic oxidation sites excluding steroid dienone is 1. The van der Waals surface area contributed by atoms with Gasteiger partial charge in [0, 0.05) is 36.9 Å². The van der Waals surface area contributed by atoms with Crippen LogP contribution in [0.2, 0.25) is 0 Å². The van der Waals surface area contributed by atoms with Gasteiger partial charge in [-0.1, -0.05) is 6.58 Å². The number of ether oxygens (including phenoxy) is 2. The number of hydrogen-bond acceptors (Lipinski definition) is 7. The van der Waals surface area contributed by atoms with Crippen LogP contribution >= 0.6 is 0 Å². The van der Waals surface area contributed by atoms with Crippen molar-refractivity contribution in [1.29, 1.82) is 0 Å². The maximum atomic E-state index is 11.6. The zero-order valence-electron chi connectivity index (χ0n) is 15.8. The Morgan fingerprint density at radius 1 is 1.10 bits per heavy atom. The number of carbonyl (C=O) groups is 4. The van der Waals surface area contributed by atoms with Crippen LogP contribution in [0.5, 0.6) is 0 Å². The van der Waals surface area contributed by atoms with E-state index < -0.39 is 23.3 Å². The summed E-state index contributed by atoms with van der Waals surface area (Å²) in [5, 5.41) is 21.7. The third-order valence-corrected chi connectivity index (χ3v) is 4.50. The highest BCUT2D eigenvalue weighted by Crippen LogP contribution is 2.39. The Kier molecular flexibility index (Phi) is 7.62. The van der Waals surface area contributed by atoms with E-state index in [2.05, 4.69) is 17.1 Å². The van der Waals surface area contributed by atoms with Crippen molar-refractivity contribution >= 4 is 29.5 Å². The summed E-state index contributed by atoms with van der Waals surface area (Å²) in [5.41, 5.74) is 1.34. The van der Waals surface area contributed by atoms with E-state index in [0.717, 1.165) is 0 Å². The highest BCUT2D eigenvalue weighted by molar-refractivity contribution is 6.12. The Morgan fingerprint density at radius 3 is 2.28 bits per heavy atom. The maximum Gasteiger partial charge on any atom is 0.321 e. The predicted molar refractivity (Wildman–Crippen MR) is 98.8 cm³/mol. The highest BCUT2D eigenvalue weighted by atomic mass is 16.5. The van der Waals surface area contributed by atoms with E-state index in [1.165, 1.54) is 11.0 Å². The summed E-state index contributed by atoms with van der Waals surface area (Å²) in [4.78, 5) is 46.7. The van der Waals surface area contributed by atoms with Gasteiger partial charge >= 0.3 is 11.9 Å². The lowest BCUT2D eigenvalue weighted by molar-refractivity contribution is -0.165. The fourth-order valence-corrected chi connectivity index (χ4v) is 2.70. The van der Waals surface area contributed by atoms with Crippen LogP contribution in [0.1, 0.15) is 19.3 Å². The van der Waals surface area contributed by atoms with Gasteiger partial charge in [0.25, 0.3) is 5.91 Å². The molecule has 158 valence electrons. The summed E-state index contributed by atoms with van der Waals surface area (Å²) in [5.74, 6) is -3.39. The average molecular weight is 409 g/mol. The van der Waals surface area contributed by atoms with Crippen LogP contribution in [0.25, 0.3) is 0 Å². The second kappa shape index (κ2) is 9.94. The van der Waals surface area contributed by atoms with Crippen molar-refractivity contribution < 1.29 is 38.9 Å². The van der Waals surface area contributed by atoms with Crippen molar-refractivity contribution in [1.82, 2.24) is 10.3 Å². The summed E-state index contributed by atoms with van der Waals surface area (Å²) < 4.78 is 10.6. The molecule has 0 unspecified atom stereocenters. The van der Waals surface area contributed by atoms with Gasteiger partial charge in [-0.05, 0) is 6.08 Å². The standard InChI is InChI=1S/C18H23N3O8/c1-12-2-3-15(23)21(12)5-7-29-9-8-28-6-4-14(22)20-19-13-10-18(11-13,16(24)25)17(26)27/h2-3H,1,4-11H2,(H,20,22)(H,24,25)(H,26,27). The van der Waals surface area contributed by atoms with Crippen LogP contribution in [0.4, 0.5) is 0 Å². The molecular formula is C18H23N3O8. The number of carboxylic acids is 2. The summed E-state index contributed by atoms with van der Waals surface area (Å²) in [6.07, 6.45) is 2.64. The number of rotatable bonds is 12. The number of carbonyl (C=O) groups excluding carboxylic acids is 2. The quantitative estimate of drug-likeness (QED) is 0.226. The van der Waals surface area contributed by atoms with Crippen molar-refractivity contribution in [3.8, 4) is 0 Å². The monoisotopic (exact) mass is 409 g/mol. The topological polar surface area (TPSA) is 155 Å². The Bertz CT molecular complexity index is 716. The predicted octanol–water partition coefficient (Wildman–Crippen LogP) is -0.257. The lowest BCUT2D eigenvalue weighted by Crippen LogP contribution is -2.51. The van der Waals surface area contributed by atoms with Gasteiger partial charge in [0.2, 0.25) is 5.91 Å². The van der Waals surface area contributed by atoms with Crippen LogP contribution in [-0.2, 0) is 28.7 Å². The molecule has 0 radical (unpaired) electrons. The largest absolute Gasteiger partial charge is 0.480 e. The Morgan fingerprint density at radius 2 is 1.72 bits per heavy atom. The van der Waals surface area contributed by atoms with Crippen molar-refractivity contribution in [2.45, 2.75) is 19.3 Å². The number of hydrogen-bond donors (Lipinski definition) is 3. The molecule has 2 aliphatic rings. The molecule has 1 heterocycles. The lowest BCUT2D eigenvalue weighted by Gasteiger charge is -2.34. The minimum absolute atomic E-state index is 0.0353. The third kappa shape index (κ3) is 5.72. The van der Waals surface area contributed by atoms with Crippen molar-refractivity contribution in [2.75, 3.05) is 33.0 Å². The zero-order chi connectivity index (χ0) is 21.4. The second-order valence-corrected chi connectivity index (χ2v) is 6.55. The van der Waals surface area contributed by atoms with Gasteiger partial charge < -0.3 is 24.6 Å². The maximum absolute atomic E-state index is 11.6. The summed E-state index contributed by atoms with van der Waals surface area (Å²) in [6, 6.07) is 0. The van der Waals surface area contributed by atoms with Crippen molar-refractivity contribution in [3.63, 3.8) is 0 Å².